The molecule has 1 saturated heterocycles. The monoisotopic (exact) mass is 199 g/mol. The number of nitrogens with two attached hydrogens (primary N) is 1. The standard InChI is InChI=1S/C9H17N3O2/c1-6(5-8(10)13)12-9(14)7-3-2-4-11-7/h6-7,11H,2-5H2,1H3,(H2,10,13)(H,12,14). The number of rotatable bonds is 4. The molecule has 1 heterocycles. The molecule has 0 aromatic heterocycles. The van der Waals surface area contributed by atoms with Gasteiger partial charge in [0.05, 0.1) is 6.04 Å². The zero-order chi connectivity index (χ0) is 10.6. The van der Waals surface area contributed by atoms with E-state index in [4.69, 9.17) is 5.73 Å². The van der Waals surface area contributed by atoms with E-state index in [0.717, 1.165) is 19.4 Å². The largest absolute Gasteiger partial charge is 0.370 e. The molecule has 14 heavy (non-hydrogen) atoms. The lowest BCUT2D eigenvalue weighted by Gasteiger charge is -2.15. The molecule has 80 valence electrons. The van der Waals surface area contributed by atoms with Crippen LogP contribution < -0.4 is 16.4 Å². The van der Waals surface area contributed by atoms with Crippen molar-refractivity contribution < 1.29 is 9.59 Å². The molecule has 0 aliphatic carbocycles. The van der Waals surface area contributed by atoms with Crippen molar-refractivity contribution in [3.8, 4) is 0 Å². The second-order valence-electron chi connectivity index (χ2n) is 3.73. The van der Waals surface area contributed by atoms with E-state index in [0.29, 0.717) is 0 Å². The SMILES string of the molecule is CC(CC(N)=O)NC(=O)C1CCCN1. The zero-order valence-electron chi connectivity index (χ0n) is 8.38. The molecule has 1 fully saturated rings. The Morgan fingerprint density at radius 2 is 2.36 bits per heavy atom. The van der Waals surface area contributed by atoms with Crippen LogP contribution in [-0.2, 0) is 9.59 Å². The zero-order valence-corrected chi connectivity index (χ0v) is 8.38. The van der Waals surface area contributed by atoms with Crippen LogP contribution >= 0.6 is 0 Å². The molecule has 0 spiro atoms. The Morgan fingerprint density at radius 3 is 2.86 bits per heavy atom. The van der Waals surface area contributed by atoms with Gasteiger partial charge in [0, 0.05) is 12.5 Å². The predicted molar refractivity (Wildman–Crippen MR) is 52.4 cm³/mol. The highest BCUT2D eigenvalue weighted by molar-refractivity contribution is 5.83. The Kier molecular flexibility index (Phi) is 3.88. The van der Waals surface area contributed by atoms with Crippen molar-refractivity contribution in [2.75, 3.05) is 6.54 Å². The van der Waals surface area contributed by atoms with E-state index in [1.54, 1.807) is 6.92 Å². The van der Waals surface area contributed by atoms with Crippen molar-refractivity contribution >= 4 is 11.8 Å². The molecule has 0 radical (unpaired) electrons. The molecule has 5 nitrogen and oxygen atoms in total. The summed E-state index contributed by atoms with van der Waals surface area (Å²) in [6.07, 6.45) is 2.09. The average molecular weight is 199 g/mol. The van der Waals surface area contributed by atoms with Gasteiger partial charge in [-0.15, -0.1) is 0 Å². The maximum absolute atomic E-state index is 11.5. The summed E-state index contributed by atoms with van der Waals surface area (Å²) in [4.78, 5) is 22.1. The fourth-order valence-electron chi connectivity index (χ4n) is 1.60. The van der Waals surface area contributed by atoms with E-state index in [9.17, 15) is 9.59 Å². The van der Waals surface area contributed by atoms with E-state index in [1.807, 2.05) is 0 Å². The van der Waals surface area contributed by atoms with Gasteiger partial charge in [-0.1, -0.05) is 0 Å². The number of carbonyl (C=O) groups is 2. The minimum Gasteiger partial charge on any atom is -0.370 e. The Hall–Kier alpha value is -1.10. The summed E-state index contributed by atoms with van der Waals surface area (Å²) in [5.74, 6) is -0.423. The highest BCUT2D eigenvalue weighted by atomic mass is 16.2. The quantitative estimate of drug-likeness (QED) is 0.549. The third-order valence-electron chi connectivity index (χ3n) is 2.27. The van der Waals surface area contributed by atoms with E-state index in [2.05, 4.69) is 10.6 Å². The second kappa shape index (κ2) is 4.95. The first-order valence-corrected chi connectivity index (χ1v) is 4.91. The summed E-state index contributed by atoms with van der Waals surface area (Å²) in [6.45, 7) is 2.67. The lowest BCUT2D eigenvalue weighted by atomic mass is 10.2. The molecule has 0 aromatic carbocycles. The topological polar surface area (TPSA) is 84.2 Å². The second-order valence-corrected chi connectivity index (χ2v) is 3.73. The summed E-state index contributed by atoms with van der Waals surface area (Å²) in [6, 6.07) is -0.271. The van der Waals surface area contributed by atoms with Gasteiger partial charge in [-0.05, 0) is 26.3 Å². The molecule has 1 aliphatic heterocycles. The van der Waals surface area contributed by atoms with Crippen LogP contribution in [0.5, 0.6) is 0 Å². The van der Waals surface area contributed by atoms with Gasteiger partial charge < -0.3 is 16.4 Å². The minimum absolute atomic E-state index is 0.0312. The van der Waals surface area contributed by atoms with Crippen LogP contribution in [0.4, 0.5) is 0 Å². The molecule has 1 aliphatic rings. The van der Waals surface area contributed by atoms with E-state index in [-0.39, 0.29) is 24.4 Å². The van der Waals surface area contributed by atoms with Crippen molar-refractivity contribution in [3.63, 3.8) is 0 Å². The molecule has 1 rings (SSSR count). The lowest BCUT2D eigenvalue weighted by molar-refractivity contribution is -0.123. The predicted octanol–water partition coefficient (Wildman–Crippen LogP) is -0.881. The fraction of sp³-hybridized carbons (Fsp3) is 0.778. The van der Waals surface area contributed by atoms with Crippen molar-refractivity contribution in [2.24, 2.45) is 5.73 Å². The van der Waals surface area contributed by atoms with E-state index in [1.165, 1.54) is 0 Å². The summed E-state index contributed by atoms with van der Waals surface area (Å²) in [5, 5.41) is 5.84. The normalized spacial score (nSPS) is 23.1. The number of primary amides is 1. The minimum atomic E-state index is -0.391. The van der Waals surface area contributed by atoms with Gasteiger partial charge in [-0.2, -0.15) is 0 Å². The first kappa shape index (κ1) is 11.0. The van der Waals surface area contributed by atoms with Gasteiger partial charge in [0.25, 0.3) is 0 Å². The summed E-state index contributed by atoms with van der Waals surface area (Å²) < 4.78 is 0. The van der Waals surface area contributed by atoms with Crippen molar-refractivity contribution in [2.45, 2.75) is 38.3 Å². The van der Waals surface area contributed by atoms with Crippen LogP contribution in [0.25, 0.3) is 0 Å². The third-order valence-corrected chi connectivity index (χ3v) is 2.27. The Bertz CT molecular complexity index is 224. The van der Waals surface area contributed by atoms with Crippen LogP contribution in [-0.4, -0.2) is 30.4 Å². The number of amides is 2. The Labute approximate surface area is 83.4 Å². The smallest absolute Gasteiger partial charge is 0.237 e. The molecule has 5 heteroatoms. The number of hydrogen-bond acceptors (Lipinski definition) is 3. The first-order valence-electron chi connectivity index (χ1n) is 4.91. The lowest BCUT2D eigenvalue weighted by Crippen LogP contribution is -2.45. The number of nitrogens with one attached hydrogen (secondary N) is 2. The highest BCUT2D eigenvalue weighted by Crippen LogP contribution is 2.05. The Morgan fingerprint density at radius 1 is 1.64 bits per heavy atom. The molecule has 2 amide bonds. The van der Waals surface area contributed by atoms with Crippen molar-refractivity contribution in [3.05, 3.63) is 0 Å². The van der Waals surface area contributed by atoms with Crippen LogP contribution in [0.15, 0.2) is 0 Å². The molecule has 4 N–H and O–H groups in total. The van der Waals surface area contributed by atoms with Gasteiger partial charge in [0.2, 0.25) is 11.8 Å². The number of hydrogen-bond donors (Lipinski definition) is 3. The van der Waals surface area contributed by atoms with Gasteiger partial charge in [0.15, 0.2) is 0 Å². The summed E-state index contributed by atoms with van der Waals surface area (Å²) in [5.41, 5.74) is 5.02. The van der Waals surface area contributed by atoms with Crippen molar-refractivity contribution in [1.82, 2.24) is 10.6 Å². The third kappa shape index (κ3) is 3.33. The maximum atomic E-state index is 11.5. The van der Waals surface area contributed by atoms with Crippen LogP contribution in [0.2, 0.25) is 0 Å². The molecule has 0 aromatic rings. The molecule has 2 unspecified atom stereocenters. The molecule has 0 saturated carbocycles. The van der Waals surface area contributed by atoms with Crippen LogP contribution in [0.3, 0.4) is 0 Å². The molecular weight excluding hydrogens is 182 g/mol. The van der Waals surface area contributed by atoms with Crippen LogP contribution in [0, 0.1) is 0 Å². The van der Waals surface area contributed by atoms with Gasteiger partial charge >= 0.3 is 0 Å². The molecule has 0 bridgehead atoms. The van der Waals surface area contributed by atoms with E-state index >= 15 is 0 Å². The fourth-order valence-corrected chi connectivity index (χ4v) is 1.60. The average Bonchev–Trinajstić information content (AvgIpc) is 2.53. The summed E-state index contributed by atoms with van der Waals surface area (Å²) in [7, 11) is 0. The number of carbonyl (C=O) groups excluding carboxylic acids is 2. The Balaban J connectivity index is 2.28. The maximum Gasteiger partial charge on any atom is 0.237 e. The van der Waals surface area contributed by atoms with Gasteiger partial charge in [0.1, 0.15) is 0 Å². The molecular formula is C9H17N3O2. The first-order chi connectivity index (χ1) is 6.59. The summed E-state index contributed by atoms with van der Waals surface area (Å²) >= 11 is 0. The van der Waals surface area contributed by atoms with Crippen LogP contribution in [0.1, 0.15) is 26.2 Å². The van der Waals surface area contributed by atoms with Crippen molar-refractivity contribution in [1.29, 1.82) is 0 Å². The van der Waals surface area contributed by atoms with Gasteiger partial charge in [-0.25, -0.2) is 0 Å². The van der Waals surface area contributed by atoms with E-state index < -0.39 is 5.91 Å². The molecule has 2 atom stereocenters. The van der Waals surface area contributed by atoms with Gasteiger partial charge in [-0.3, -0.25) is 9.59 Å². The highest BCUT2D eigenvalue weighted by Gasteiger charge is 2.23.